The molecule has 1 heterocycles. The summed E-state index contributed by atoms with van der Waals surface area (Å²) >= 11 is 0. The summed E-state index contributed by atoms with van der Waals surface area (Å²) in [5.41, 5.74) is 0. The molecular weight excluding hydrogens is 186 g/mol. The van der Waals surface area contributed by atoms with Crippen molar-refractivity contribution in [2.75, 3.05) is 13.1 Å². The maximum atomic E-state index is 11.6. The first-order valence-electron chi connectivity index (χ1n) is 6.55. The SMILES string of the molecule is CCCCCCC(=O)CC1CCCNC1. The maximum absolute atomic E-state index is 11.6. The third kappa shape index (κ3) is 5.93. The lowest BCUT2D eigenvalue weighted by Gasteiger charge is -2.21. The van der Waals surface area contributed by atoms with Gasteiger partial charge in [0.1, 0.15) is 5.78 Å². The van der Waals surface area contributed by atoms with Crippen molar-refractivity contribution in [1.29, 1.82) is 0 Å². The second-order valence-corrected chi connectivity index (χ2v) is 4.77. The molecule has 0 aliphatic carbocycles. The zero-order valence-electron chi connectivity index (χ0n) is 10.1. The largest absolute Gasteiger partial charge is 0.316 e. The minimum absolute atomic E-state index is 0.486. The number of unbranched alkanes of at least 4 members (excludes halogenated alkanes) is 3. The topological polar surface area (TPSA) is 29.1 Å². The van der Waals surface area contributed by atoms with Gasteiger partial charge < -0.3 is 5.32 Å². The van der Waals surface area contributed by atoms with Crippen LogP contribution >= 0.6 is 0 Å². The molecule has 1 N–H and O–H groups in total. The average molecular weight is 211 g/mol. The van der Waals surface area contributed by atoms with Crippen molar-refractivity contribution < 1.29 is 4.79 Å². The van der Waals surface area contributed by atoms with Crippen molar-refractivity contribution in [2.24, 2.45) is 5.92 Å². The number of carbonyl (C=O) groups excluding carboxylic acids is 1. The number of piperidine rings is 1. The van der Waals surface area contributed by atoms with E-state index in [2.05, 4.69) is 12.2 Å². The second-order valence-electron chi connectivity index (χ2n) is 4.77. The zero-order valence-corrected chi connectivity index (χ0v) is 10.1. The monoisotopic (exact) mass is 211 g/mol. The molecule has 88 valence electrons. The molecule has 0 spiro atoms. The highest BCUT2D eigenvalue weighted by atomic mass is 16.1. The predicted molar refractivity (Wildman–Crippen MR) is 64.0 cm³/mol. The van der Waals surface area contributed by atoms with Gasteiger partial charge in [0, 0.05) is 12.8 Å². The number of hydrogen-bond donors (Lipinski definition) is 1. The molecule has 1 fully saturated rings. The number of hydrogen-bond acceptors (Lipinski definition) is 2. The molecule has 0 amide bonds. The number of ketones is 1. The molecule has 1 rings (SSSR count). The van der Waals surface area contributed by atoms with Gasteiger partial charge >= 0.3 is 0 Å². The van der Waals surface area contributed by atoms with E-state index in [-0.39, 0.29) is 0 Å². The molecule has 0 aromatic rings. The Hall–Kier alpha value is -0.370. The fourth-order valence-corrected chi connectivity index (χ4v) is 2.27. The Morgan fingerprint density at radius 3 is 2.87 bits per heavy atom. The van der Waals surface area contributed by atoms with Crippen LogP contribution in [0.25, 0.3) is 0 Å². The van der Waals surface area contributed by atoms with Crippen molar-refractivity contribution in [3.8, 4) is 0 Å². The summed E-state index contributed by atoms with van der Waals surface area (Å²) in [6, 6.07) is 0. The molecule has 1 saturated heterocycles. The molecule has 2 heteroatoms. The number of nitrogens with one attached hydrogen (secondary N) is 1. The minimum atomic E-state index is 0.486. The highest BCUT2D eigenvalue weighted by Crippen LogP contribution is 2.16. The summed E-state index contributed by atoms with van der Waals surface area (Å²) in [4.78, 5) is 11.6. The maximum Gasteiger partial charge on any atom is 0.133 e. The van der Waals surface area contributed by atoms with E-state index in [0.29, 0.717) is 11.7 Å². The third-order valence-electron chi connectivity index (χ3n) is 3.22. The molecule has 15 heavy (non-hydrogen) atoms. The lowest BCUT2D eigenvalue weighted by Crippen LogP contribution is -2.31. The number of Topliss-reactive ketones (excluding diaryl/α,β-unsaturated/α-hetero) is 1. The molecule has 1 unspecified atom stereocenters. The van der Waals surface area contributed by atoms with Crippen LogP contribution in [0.15, 0.2) is 0 Å². The van der Waals surface area contributed by atoms with Crippen LogP contribution in [-0.2, 0) is 4.79 Å². The van der Waals surface area contributed by atoms with E-state index in [4.69, 9.17) is 0 Å². The van der Waals surface area contributed by atoms with E-state index in [1.54, 1.807) is 0 Å². The highest BCUT2D eigenvalue weighted by Gasteiger charge is 2.16. The zero-order chi connectivity index (χ0) is 10.9. The highest BCUT2D eigenvalue weighted by molar-refractivity contribution is 5.78. The van der Waals surface area contributed by atoms with E-state index in [1.165, 1.54) is 32.1 Å². The molecule has 0 bridgehead atoms. The standard InChI is InChI=1S/C13H25NO/c1-2-3-4-5-8-13(15)10-12-7-6-9-14-11-12/h12,14H,2-11H2,1H3. The van der Waals surface area contributed by atoms with E-state index in [9.17, 15) is 4.79 Å². The quantitative estimate of drug-likeness (QED) is 0.656. The van der Waals surface area contributed by atoms with Gasteiger partial charge in [-0.1, -0.05) is 26.2 Å². The van der Waals surface area contributed by atoms with Crippen molar-refractivity contribution in [2.45, 2.75) is 58.3 Å². The lowest BCUT2D eigenvalue weighted by molar-refractivity contribution is -0.120. The predicted octanol–water partition coefficient (Wildman–Crippen LogP) is 2.92. The lowest BCUT2D eigenvalue weighted by atomic mass is 9.92. The van der Waals surface area contributed by atoms with Crippen molar-refractivity contribution in [3.63, 3.8) is 0 Å². The smallest absolute Gasteiger partial charge is 0.133 e. The van der Waals surface area contributed by atoms with Crippen LogP contribution in [-0.4, -0.2) is 18.9 Å². The van der Waals surface area contributed by atoms with Gasteiger partial charge in [-0.2, -0.15) is 0 Å². The number of carbonyl (C=O) groups is 1. The fraction of sp³-hybridized carbons (Fsp3) is 0.923. The van der Waals surface area contributed by atoms with Crippen LogP contribution in [0.4, 0.5) is 0 Å². The van der Waals surface area contributed by atoms with Gasteiger partial charge in [0.05, 0.1) is 0 Å². The van der Waals surface area contributed by atoms with Crippen molar-refractivity contribution in [3.05, 3.63) is 0 Å². The Labute approximate surface area is 93.8 Å². The van der Waals surface area contributed by atoms with Gasteiger partial charge in [-0.25, -0.2) is 0 Å². The first-order chi connectivity index (χ1) is 7.33. The first kappa shape index (κ1) is 12.7. The molecular formula is C13H25NO. The minimum Gasteiger partial charge on any atom is -0.316 e. The molecule has 0 saturated carbocycles. The molecule has 0 aromatic carbocycles. The van der Waals surface area contributed by atoms with E-state index in [0.717, 1.165) is 32.4 Å². The van der Waals surface area contributed by atoms with Crippen LogP contribution in [0.1, 0.15) is 58.3 Å². The average Bonchev–Trinajstić information content (AvgIpc) is 2.26. The van der Waals surface area contributed by atoms with E-state index in [1.807, 2.05) is 0 Å². The van der Waals surface area contributed by atoms with Gasteiger partial charge in [0.15, 0.2) is 0 Å². The Kier molecular flexibility index (Phi) is 6.66. The molecule has 1 aliphatic heterocycles. The molecule has 0 radical (unpaired) electrons. The third-order valence-corrected chi connectivity index (χ3v) is 3.22. The Bertz CT molecular complexity index is 173. The summed E-state index contributed by atoms with van der Waals surface area (Å²) in [5, 5.41) is 3.36. The fourth-order valence-electron chi connectivity index (χ4n) is 2.27. The summed E-state index contributed by atoms with van der Waals surface area (Å²) in [7, 11) is 0. The first-order valence-corrected chi connectivity index (χ1v) is 6.55. The summed E-state index contributed by atoms with van der Waals surface area (Å²) < 4.78 is 0. The van der Waals surface area contributed by atoms with Gasteiger partial charge in [-0.3, -0.25) is 4.79 Å². The van der Waals surface area contributed by atoms with E-state index >= 15 is 0 Å². The molecule has 2 nitrogen and oxygen atoms in total. The van der Waals surface area contributed by atoms with Gasteiger partial charge in [0.25, 0.3) is 0 Å². The van der Waals surface area contributed by atoms with Crippen LogP contribution in [0.3, 0.4) is 0 Å². The molecule has 1 aliphatic rings. The van der Waals surface area contributed by atoms with Crippen LogP contribution in [0.5, 0.6) is 0 Å². The van der Waals surface area contributed by atoms with Gasteiger partial charge in [-0.05, 0) is 38.3 Å². The van der Waals surface area contributed by atoms with E-state index < -0.39 is 0 Å². The summed E-state index contributed by atoms with van der Waals surface area (Å²) in [5.74, 6) is 1.11. The molecule has 1 atom stereocenters. The summed E-state index contributed by atoms with van der Waals surface area (Å²) in [6.07, 6.45) is 8.98. The molecule has 0 aromatic heterocycles. The Morgan fingerprint density at radius 2 is 2.20 bits per heavy atom. The normalized spacial score (nSPS) is 21.5. The van der Waals surface area contributed by atoms with Crippen molar-refractivity contribution in [1.82, 2.24) is 5.32 Å². The van der Waals surface area contributed by atoms with Gasteiger partial charge in [0.2, 0.25) is 0 Å². The second kappa shape index (κ2) is 7.86. The number of rotatable bonds is 7. The van der Waals surface area contributed by atoms with Crippen LogP contribution in [0.2, 0.25) is 0 Å². The van der Waals surface area contributed by atoms with Gasteiger partial charge in [-0.15, -0.1) is 0 Å². The Morgan fingerprint density at radius 1 is 1.33 bits per heavy atom. The summed E-state index contributed by atoms with van der Waals surface area (Å²) in [6.45, 7) is 4.40. The Balaban J connectivity index is 2.01. The van der Waals surface area contributed by atoms with Crippen LogP contribution in [0, 0.1) is 5.92 Å². The van der Waals surface area contributed by atoms with Crippen molar-refractivity contribution >= 4 is 5.78 Å². The van der Waals surface area contributed by atoms with Crippen LogP contribution < -0.4 is 5.32 Å².